The summed E-state index contributed by atoms with van der Waals surface area (Å²) in [6.07, 6.45) is -4.75. The zero-order valence-corrected chi connectivity index (χ0v) is 31.9. The predicted molar refractivity (Wildman–Crippen MR) is 203 cm³/mol. The van der Waals surface area contributed by atoms with Crippen molar-refractivity contribution < 1.29 is 37.4 Å². The topological polar surface area (TPSA) is 178 Å². The third kappa shape index (κ3) is 7.49. The standard InChI is InChI=1S/C37H42ClF3N10O5/c1-5-26-30(48-10-12-49(13-11-48)33(54)29-31(53)20(3)43-18-44-29)34(55)51-36(46-32(47-51)22-7-9-25-28(15-22)56-35(42-4)45-25)50(26)17-27(52)19(2)14-21-6-8-23(16-24(21)38)37(39,40)41/h6-9,15-16,18-20,26-27,30-31,52-53H,5,10-14,17H2,1-4H3,(H,42,45). The molecule has 4 aromatic rings. The summed E-state index contributed by atoms with van der Waals surface area (Å²) in [5.74, 6) is -0.704. The summed E-state index contributed by atoms with van der Waals surface area (Å²) in [6.45, 7) is 6.63. The molecule has 1 saturated heterocycles. The second-order valence-electron chi connectivity index (χ2n) is 14.4. The first kappa shape index (κ1) is 39.3. The number of rotatable bonds is 10. The second kappa shape index (κ2) is 15.6. The smallest absolute Gasteiger partial charge is 0.416 e. The highest BCUT2D eigenvalue weighted by molar-refractivity contribution is 6.42. The third-order valence-corrected chi connectivity index (χ3v) is 11.1. The van der Waals surface area contributed by atoms with E-state index >= 15 is 0 Å². The van der Waals surface area contributed by atoms with E-state index in [4.69, 9.17) is 21.0 Å². The lowest BCUT2D eigenvalue weighted by atomic mass is 9.93. The number of anilines is 2. The number of aliphatic imine (C=N–C) groups is 2. The molecule has 1 fully saturated rings. The minimum Gasteiger partial charge on any atom is -0.424 e. The molecule has 0 radical (unpaired) electrons. The number of nitrogens with zero attached hydrogens (tertiary/aromatic N) is 9. The Morgan fingerprint density at radius 3 is 2.55 bits per heavy atom. The second-order valence-corrected chi connectivity index (χ2v) is 14.8. The monoisotopic (exact) mass is 798 g/mol. The summed E-state index contributed by atoms with van der Waals surface area (Å²) in [5.41, 5.74) is 1.30. The van der Waals surface area contributed by atoms with Gasteiger partial charge < -0.3 is 29.7 Å². The molecule has 0 saturated carbocycles. The van der Waals surface area contributed by atoms with Crippen molar-refractivity contribution in [3.05, 3.63) is 52.5 Å². The number of β-amino-alcohol motifs (C(OH)–C–C–N with tert-alkyl or cyclic N) is 1. The van der Waals surface area contributed by atoms with Crippen LogP contribution >= 0.6 is 11.6 Å². The molecular weight excluding hydrogens is 757 g/mol. The van der Waals surface area contributed by atoms with Crippen molar-refractivity contribution in [3.8, 4) is 11.4 Å². The van der Waals surface area contributed by atoms with Crippen molar-refractivity contribution in [2.45, 2.75) is 70.1 Å². The van der Waals surface area contributed by atoms with E-state index < -0.39 is 53.9 Å². The Hall–Kier alpha value is -4.91. The van der Waals surface area contributed by atoms with Crippen LogP contribution in [-0.4, -0.2) is 134 Å². The number of benzene rings is 2. The molecule has 2 aromatic heterocycles. The Balaban J connectivity index is 1.17. The fourth-order valence-electron chi connectivity index (χ4n) is 7.49. The molecule has 6 unspecified atom stereocenters. The summed E-state index contributed by atoms with van der Waals surface area (Å²) in [4.78, 5) is 50.7. The van der Waals surface area contributed by atoms with Crippen LogP contribution in [0.5, 0.6) is 0 Å². The van der Waals surface area contributed by atoms with Gasteiger partial charge in [0.2, 0.25) is 5.95 Å². The third-order valence-electron chi connectivity index (χ3n) is 10.8. The van der Waals surface area contributed by atoms with Gasteiger partial charge in [-0.15, -0.1) is 5.10 Å². The van der Waals surface area contributed by atoms with E-state index in [9.17, 15) is 33.0 Å². The fourth-order valence-corrected chi connectivity index (χ4v) is 7.74. The Labute approximate surface area is 324 Å². The fraction of sp³-hybridized carbons (Fsp3) is 0.486. The highest BCUT2D eigenvalue weighted by atomic mass is 35.5. The van der Waals surface area contributed by atoms with E-state index in [1.807, 2.05) is 16.7 Å². The molecule has 19 heteroatoms. The summed E-state index contributed by atoms with van der Waals surface area (Å²) >= 11 is 6.28. The van der Waals surface area contributed by atoms with Crippen molar-refractivity contribution in [1.29, 1.82) is 0 Å². The van der Waals surface area contributed by atoms with Crippen LogP contribution in [0.1, 0.15) is 43.1 Å². The van der Waals surface area contributed by atoms with E-state index in [0.717, 1.165) is 12.1 Å². The number of piperazine rings is 1. The van der Waals surface area contributed by atoms with E-state index in [1.54, 1.807) is 44.0 Å². The molecule has 3 aliphatic rings. The molecular formula is C37H42ClF3N10O5. The number of oxazole rings is 1. The SMILES string of the molecule is CCC1C(N2CCN(C(=O)C3=NC=NC(C)C3O)CC2)C(=O)n2nc(-c3ccc4nc(NC)oc4c3)nc2N1CC(O)C(C)Cc1ccc(C(F)(F)F)cc1Cl. The van der Waals surface area contributed by atoms with Crippen LogP contribution in [0, 0.1) is 5.92 Å². The van der Waals surface area contributed by atoms with E-state index in [1.165, 1.54) is 17.1 Å². The predicted octanol–water partition coefficient (Wildman–Crippen LogP) is 4.02. The maximum atomic E-state index is 14.5. The van der Waals surface area contributed by atoms with Gasteiger partial charge in [-0.1, -0.05) is 31.5 Å². The Bertz CT molecular complexity index is 2180. The molecule has 298 valence electrons. The van der Waals surface area contributed by atoms with Crippen LogP contribution in [0.15, 0.2) is 50.8 Å². The number of carbonyl (C=O) groups excluding carboxylic acids is 2. The highest BCUT2D eigenvalue weighted by Gasteiger charge is 2.47. The van der Waals surface area contributed by atoms with Gasteiger partial charge >= 0.3 is 6.18 Å². The number of aromatic nitrogens is 4. The molecule has 6 atom stereocenters. The summed E-state index contributed by atoms with van der Waals surface area (Å²) < 4.78 is 46.9. The average molecular weight is 799 g/mol. The van der Waals surface area contributed by atoms with Gasteiger partial charge in [0.15, 0.2) is 11.4 Å². The molecule has 2 aromatic carbocycles. The van der Waals surface area contributed by atoms with Gasteiger partial charge in [0.05, 0.1) is 23.8 Å². The van der Waals surface area contributed by atoms with Gasteiger partial charge in [-0.2, -0.15) is 27.8 Å². The molecule has 1 amide bonds. The average Bonchev–Trinajstić information content (AvgIpc) is 3.82. The van der Waals surface area contributed by atoms with Crippen LogP contribution in [0.25, 0.3) is 22.5 Å². The first-order valence-electron chi connectivity index (χ1n) is 18.4. The molecule has 15 nitrogen and oxygen atoms in total. The lowest BCUT2D eigenvalue weighted by Gasteiger charge is -2.47. The van der Waals surface area contributed by atoms with Gasteiger partial charge in [0, 0.05) is 50.4 Å². The molecule has 3 N–H and O–H groups in total. The van der Waals surface area contributed by atoms with Gasteiger partial charge in [0.25, 0.3) is 17.8 Å². The van der Waals surface area contributed by atoms with Crippen LogP contribution in [0.2, 0.25) is 5.02 Å². The summed E-state index contributed by atoms with van der Waals surface area (Å²) in [7, 11) is 1.69. The number of halogens is 4. The number of alkyl halides is 3. The van der Waals surface area contributed by atoms with Gasteiger partial charge in [-0.05, 0) is 61.6 Å². The first-order valence-corrected chi connectivity index (χ1v) is 18.8. The normalized spacial score (nSPS) is 23.0. The number of nitrogens with one attached hydrogen (secondary N) is 1. The van der Waals surface area contributed by atoms with Crippen molar-refractivity contribution in [2.24, 2.45) is 15.9 Å². The van der Waals surface area contributed by atoms with E-state index in [2.05, 4.69) is 25.4 Å². The summed E-state index contributed by atoms with van der Waals surface area (Å²) in [6, 6.07) is 7.05. The molecule has 7 rings (SSSR count). The van der Waals surface area contributed by atoms with Crippen molar-refractivity contribution in [2.75, 3.05) is 50.0 Å². The first-order chi connectivity index (χ1) is 26.7. The van der Waals surface area contributed by atoms with Crippen LogP contribution < -0.4 is 10.2 Å². The maximum absolute atomic E-state index is 14.5. The molecule has 56 heavy (non-hydrogen) atoms. The number of aliphatic hydroxyl groups is 2. The van der Waals surface area contributed by atoms with E-state index in [0.29, 0.717) is 47.8 Å². The zero-order valence-electron chi connectivity index (χ0n) is 31.1. The maximum Gasteiger partial charge on any atom is 0.416 e. The van der Waals surface area contributed by atoms with Crippen molar-refractivity contribution >= 4 is 58.5 Å². The molecule has 5 heterocycles. The number of fused-ring (bicyclic) bond motifs is 2. The number of carbonyl (C=O) groups is 2. The molecule has 0 bridgehead atoms. The number of amides is 1. The minimum atomic E-state index is -4.54. The van der Waals surface area contributed by atoms with Crippen molar-refractivity contribution in [3.63, 3.8) is 0 Å². The van der Waals surface area contributed by atoms with Gasteiger partial charge in [-0.3, -0.25) is 19.5 Å². The summed E-state index contributed by atoms with van der Waals surface area (Å²) in [5, 5.41) is 29.8. The highest BCUT2D eigenvalue weighted by Crippen LogP contribution is 2.35. The van der Waals surface area contributed by atoms with Gasteiger partial charge in [0.1, 0.15) is 29.7 Å². The largest absolute Gasteiger partial charge is 0.424 e. The van der Waals surface area contributed by atoms with Crippen LogP contribution in [0.4, 0.5) is 25.1 Å². The Morgan fingerprint density at radius 2 is 1.88 bits per heavy atom. The number of aliphatic hydroxyl groups excluding tert-OH is 2. The van der Waals surface area contributed by atoms with Gasteiger partial charge in [-0.25, -0.2) is 4.99 Å². The Kier molecular flexibility index (Phi) is 10.9. The zero-order chi connectivity index (χ0) is 40.1. The minimum absolute atomic E-state index is 0.0163. The lowest BCUT2D eigenvalue weighted by Crippen LogP contribution is -2.65. The number of hydrogen-bond donors (Lipinski definition) is 3. The molecule has 3 aliphatic heterocycles. The molecule has 0 aliphatic carbocycles. The van der Waals surface area contributed by atoms with E-state index in [-0.39, 0.29) is 54.5 Å². The van der Waals surface area contributed by atoms with Crippen LogP contribution in [0.3, 0.4) is 0 Å². The van der Waals surface area contributed by atoms with Crippen molar-refractivity contribution in [1.82, 2.24) is 29.5 Å². The molecule has 0 spiro atoms. The van der Waals surface area contributed by atoms with Crippen LogP contribution in [-0.2, 0) is 17.4 Å². The quantitative estimate of drug-likeness (QED) is 0.211. The Morgan fingerprint density at radius 1 is 1.12 bits per heavy atom. The lowest BCUT2D eigenvalue weighted by molar-refractivity contribution is -0.137. The number of hydrogen-bond acceptors (Lipinski definition) is 13.